The van der Waals surface area contributed by atoms with E-state index in [1.165, 1.54) is 5.56 Å². The summed E-state index contributed by atoms with van der Waals surface area (Å²) in [4.78, 5) is 25.0. The van der Waals surface area contributed by atoms with Crippen LogP contribution >= 0.6 is 0 Å². The molecule has 5 heteroatoms. The van der Waals surface area contributed by atoms with Crippen LogP contribution in [0.25, 0.3) is 0 Å². The Balaban J connectivity index is 2.00. The molecule has 1 aliphatic rings. The minimum atomic E-state index is -0.818. The fourth-order valence-electron chi connectivity index (χ4n) is 3.30. The van der Waals surface area contributed by atoms with Crippen molar-refractivity contribution in [2.75, 3.05) is 19.6 Å². The number of hydrogen-bond donors (Lipinski definition) is 2. The highest BCUT2D eigenvalue weighted by molar-refractivity contribution is 5.77. The van der Waals surface area contributed by atoms with Crippen LogP contribution in [0.5, 0.6) is 0 Å². The molecule has 0 aliphatic carbocycles. The summed E-state index contributed by atoms with van der Waals surface area (Å²) in [5.74, 6) is -1.25. The second kappa shape index (κ2) is 7.49. The van der Waals surface area contributed by atoms with Gasteiger partial charge in [-0.1, -0.05) is 44.2 Å². The molecule has 23 heavy (non-hydrogen) atoms. The first-order valence-electron chi connectivity index (χ1n) is 8.33. The lowest BCUT2D eigenvalue weighted by Crippen LogP contribution is -2.45. The number of urea groups is 1. The second-order valence-electron chi connectivity index (χ2n) is 6.28. The molecule has 1 aliphatic heterocycles. The van der Waals surface area contributed by atoms with Gasteiger partial charge in [0.25, 0.3) is 0 Å². The van der Waals surface area contributed by atoms with Crippen molar-refractivity contribution in [3.63, 3.8) is 0 Å². The minimum absolute atomic E-state index is 0.0805. The molecule has 126 valence electrons. The van der Waals surface area contributed by atoms with Crippen molar-refractivity contribution >= 4 is 12.0 Å². The highest BCUT2D eigenvalue weighted by Crippen LogP contribution is 2.31. The van der Waals surface area contributed by atoms with E-state index >= 15 is 0 Å². The predicted molar refractivity (Wildman–Crippen MR) is 89.4 cm³/mol. The quantitative estimate of drug-likeness (QED) is 0.847. The lowest BCUT2D eigenvalue weighted by atomic mass is 9.76. The Kier molecular flexibility index (Phi) is 5.64. The van der Waals surface area contributed by atoms with Gasteiger partial charge in [0.2, 0.25) is 0 Å². The van der Waals surface area contributed by atoms with Gasteiger partial charge in [-0.25, -0.2) is 4.79 Å². The number of carbonyl (C=O) groups is 2. The van der Waals surface area contributed by atoms with Crippen LogP contribution in [0.15, 0.2) is 30.3 Å². The van der Waals surface area contributed by atoms with Gasteiger partial charge in [-0.3, -0.25) is 4.79 Å². The first-order chi connectivity index (χ1) is 11.0. The third-order valence-corrected chi connectivity index (χ3v) is 5.14. The number of nitrogens with one attached hydrogen (secondary N) is 1. The van der Waals surface area contributed by atoms with Crippen LogP contribution in [0.1, 0.15) is 38.7 Å². The van der Waals surface area contributed by atoms with E-state index in [9.17, 15) is 9.59 Å². The predicted octanol–water partition coefficient (Wildman–Crippen LogP) is 2.86. The summed E-state index contributed by atoms with van der Waals surface area (Å²) in [7, 11) is 0. The molecule has 2 amide bonds. The van der Waals surface area contributed by atoms with Crippen LogP contribution in [0.4, 0.5) is 4.79 Å². The fraction of sp³-hybridized carbons (Fsp3) is 0.556. The molecule has 2 rings (SSSR count). The number of carboxylic acids is 1. The molecule has 1 unspecified atom stereocenters. The molecule has 0 saturated carbocycles. The van der Waals surface area contributed by atoms with Gasteiger partial charge >= 0.3 is 12.0 Å². The lowest BCUT2D eigenvalue weighted by molar-refractivity contribution is -0.141. The van der Waals surface area contributed by atoms with Gasteiger partial charge in [-0.05, 0) is 24.8 Å². The topological polar surface area (TPSA) is 69.6 Å². The van der Waals surface area contributed by atoms with Gasteiger partial charge in [0, 0.05) is 25.0 Å². The Hall–Kier alpha value is -2.04. The number of hydrogen-bond acceptors (Lipinski definition) is 2. The van der Waals surface area contributed by atoms with Crippen LogP contribution < -0.4 is 5.32 Å². The lowest BCUT2D eigenvalue weighted by Gasteiger charge is -2.33. The number of carbonyl (C=O) groups excluding carboxylic acids is 1. The number of carboxylic acid groups (broad SMARTS) is 1. The molecule has 0 aromatic heterocycles. The molecule has 5 nitrogen and oxygen atoms in total. The summed E-state index contributed by atoms with van der Waals surface area (Å²) < 4.78 is 0. The van der Waals surface area contributed by atoms with Crippen molar-refractivity contribution < 1.29 is 14.7 Å². The Morgan fingerprint density at radius 1 is 1.26 bits per heavy atom. The Bertz CT molecular complexity index is 540. The summed E-state index contributed by atoms with van der Waals surface area (Å²) in [6.45, 7) is 5.66. The monoisotopic (exact) mass is 318 g/mol. The maximum absolute atomic E-state index is 12.3. The molecule has 1 fully saturated rings. The largest absolute Gasteiger partial charge is 0.481 e. The number of amides is 2. The van der Waals surface area contributed by atoms with Crippen LogP contribution in [-0.2, 0) is 10.2 Å². The van der Waals surface area contributed by atoms with Gasteiger partial charge in [0.1, 0.15) is 0 Å². The highest BCUT2D eigenvalue weighted by atomic mass is 16.4. The standard InChI is InChI=1S/C18H26N2O3/c1-3-18(4-2,15-8-6-5-7-9-15)13-19-17(23)20-11-10-14(12-20)16(21)22/h5-9,14H,3-4,10-13H2,1-2H3,(H,19,23)(H,21,22). The molecular formula is C18H26N2O3. The number of aliphatic carboxylic acids is 1. The minimum Gasteiger partial charge on any atom is -0.481 e. The Morgan fingerprint density at radius 3 is 2.43 bits per heavy atom. The highest BCUT2D eigenvalue weighted by Gasteiger charge is 2.33. The van der Waals surface area contributed by atoms with E-state index in [4.69, 9.17) is 5.11 Å². The molecule has 1 atom stereocenters. The average molecular weight is 318 g/mol. The van der Waals surface area contributed by atoms with E-state index in [0.29, 0.717) is 26.1 Å². The van der Waals surface area contributed by atoms with Gasteiger partial charge in [0.15, 0.2) is 0 Å². The van der Waals surface area contributed by atoms with E-state index in [2.05, 4.69) is 31.3 Å². The maximum atomic E-state index is 12.3. The van der Waals surface area contributed by atoms with E-state index in [0.717, 1.165) is 12.8 Å². The normalized spacial score (nSPS) is 18.0. The first-order valence-corrected chi connectivity index (χ1v) is 8.33. The fourth-order valence-corrected chi connectivity index (χ4v) is 3.30. The van der Waals surface area contributed by atoms with E-state index in [1.54, 1.807) is 4.90 Å². The zero-order valence-electron chi connectivity index (χ0n) is 13.9. The molecule has 1 saturated heterocycles. The van der Waals surface area contributed by atoms with Gasteiger partial charge in [-0.15, -0.1) is 0 Å². The third kappa shape index (κ3) is 3.84. The Morgan fingerprint density at radius 2 is 1.91 bits per heavy atom. The smallest absolute Gasteiger partial charge is 0.317 e. The molecule has 1 heterocycles. The molecule has 0 bridgehead atoms. The van der Waals surface area contributed by atoms with Gasteiger partial charge in [-0.2, -0.15) is 0 Å². The average Bonchev–Trinajstić information content (AvgIpc) is 3.07. The van der Waals surface area contributed by atoms with Crippen molar-refractivity contribution in [2.24, 2.45) is 5.92 Å². The number of nitrogens with zero attached hydrogens (tertiary/aromatic N) is 1. The SMILES string of the molecule is CCC(CC)(CNC(=O)N1CCC(C(=O)O)C1)c1ccccc1. The van der Waals surface area contributed by atoms with E-state index in [-0.39, 0.29) is 11.4 Å². The molecular weight excluding hydrogens is 292 g/mol. The maximum Gasteiger partial charge on any atom is 0.317 e. The summed E-state index contributed by atoms with van der Waals surface area (Å²) in [6, 6.07) is 10.1. The van der Waals surface area contributed by atoms with Crippen LogP contribution in [-0.4, -0.2) is 41.6 Å². The summed E-state index contributed by atoms with van der Waals surface area (Å²) in [5, 5.41) is 12.1. The van der Waals surface area contributed by atoms with Gasteiger partial charge < -0.3 is 15.3 Å². The number of rotatable bonds is 6. The molecule has 0 spiro atoms. The van der Waals surface area contributed by atoms with Crippen molar-refractivity contribution in [2.45, 2.75) is 38.5 Å². The molecule has 1 aromatic rings. The van der Waals surface area contributed by atoms with Crippen LogP contribution in [0.3, 0.4) is 0 Å². The molecule has 1 aromatic carbocycles. The van der Waals surface area contributed by atoms with Crippen molar-refractivity contribution in [3.05, 3.63) is 35.9 Å². The molecule has 2 N–H and O–H groups in total. The van der Waals surface area contributed by atoms with Gasteiger partial charge in [0.05, 0.1) is 5.92 Å². The van der Waals surface area contributed by atoms with Crippen molar-refractivity contribution in [1.82, 2.24) is 10.2 Å². The van der Waals surface area contributed by atoms with Crippen LogP contribution in [0.2, 0.25) is 0 Å². The van der Waals surface area contributed by atoms with E-state index < -0.39 is 11.9 Å². The second-order valence-corrected chi connectivity index (χ2v) is 6.28. The van der Waals surface area contributed by atoms with E-state index in [1.807, 2.05) is 18.2 Å². The van der Waals surface area contributed by atoms with Crippen molar-refractivity contribution in [1.29, 1.82) is 0 Å². The third-order valence-electron chi connectivity index (χ3n) is 5.14. The molecule has 0 radical (unpaired) electrons. The summed E-state index contributed by atoms with van der Waals surface area (Å²) in [5.41, 5.74) is 1.15. The number of benzene rings is 1. The number of likely N-dealkylation sites (tertiary alicyclic amines) is 1. The zero-order chi connectivity index (χ0) is 16.9. The van der Waals surface area contributed by atoms with Crippen molar-refractivity contribution in [3.8, 4) is 0 Å². The summed E-state index contributed by atoms with van der Waals surface area (Å²) >= 11 is 0. The van der Waals surface area contributed by atoms with Crippen LogP contribution in [0, 0.1) is 5.92 Å². The summed E-state index contributed by atoms with van der Waals surface area (Å²) in [6.07, 6.45) is 2.41. The zero-order valence-corrected chi connectivity index (χ0v) is 13.9. The first kappa shape index (κ1) is 17.3. The Labute approximate surface area is 137 Å².